The molecule has 0 bridgehead atoms. The zero-order chi connectivity index (χ0) is 15.3. The van der Waals surface area contributed by atoms with Gasteiger partial charge in [0.15, 0.2) is 0 Å². The van der Waals surface area contributed by atoms with Crippen LogP contribution in [0.3, 0.4) is 0 Å². The van der Waals surface area contributed by atoms with Crippen LogP contribution in [0, 0.1) is 12.8 Å². The molecule has 0 spiro atoms. The summed E-state index contributed by atoms with van der Waals surface area (Å²) in [7, 11) is 1.62. The van der Waals surface area contributed by atoms with E-state index in [4.69, 9.17) is 9.47 Å². The summed E-state index contributed by atoms with van der Waals surface area (Å²) >= 11 is 0. The number of hydrogen-bond donors (Lipinski definition) is 1. The van der Waals surface area contributed by atoms with Gasteiger partial charge < -0.3 is 9.47 Å². The number of aryl methyl sites for hydroxylation is 1. The molecule has 6 heteroatoms. The SMILES string of the molecule is CC.COC[C@H]1O[C@@H](n2cc(C)c(=O)[nH]c2=O)C[C@@H]1C. The Morgan fingerprint density at radius 3 is 2.70 bits per heavy atom. The van der Waals surface area contributed by atoms with Crippen LogP contribution in [0.5, 0.6) is 0 Å². The number of aromatic nitrogens is 2. The molecular formula is C14H24N2O4. The molecule has 0 aliphatic carbocycles. The molecule has 0 saturated carbocycles. The van der Waals surface area contributed by atoms with E-state index in [9.17, 15) is 9.59 Å². The summed E-state index contributed by atoms with van der Waals surface area (Å²) in [4.78, 5) is 25.3. The number of H-pyrrole nitrogens is 1. The summed E-state index contributed by atoms with van der Waals surface area (Å²) < 4.78 is 12.3. The summed E-state index contributed by atoms with van der Waals surface area (Å²) in [6.07, 6.45) is 1.94. The van der Waals surface area contributed by atoms with Gasteiger partial charge in [0.1, 0.15) is 6.23 Å². The molecule has 0 aromatic carbocycles. The van der Waals surface area contributed by atoms with E-state index in [1.165, 1.54) is 4.57 Å². The normalized spacial score (nSPS) is 25.1. The van der Waals surface area contributed by atoms with Gasteiger partial charge in [0.25, 0.3) is 5.56 Å². The quantitative estimate of drug-likeness (QED) is 0.911. The van der Waals surface area contributed by atoms with Crippen molar-refractivity contribution in [3.8, 4) is 0 Å². The Morgan fingerprint density at radius 1 is 1.45 bits per heavy atom. The third-order valence-corrected chi connectivity index (χ3v) is 3.33. The Morgan fingerprint density at radius 2 is 2.10 bits per heavy atom. The van der Waals surface area contributed by atoms with Crippen molar-refractivity contribution >= 4 is 0 Å². The predicted octanol–water partition coefficient (Wildman–Crippen LogP) is 1.44. The van der Waals surface area contributed by atoms with Gasteiger partial charge in [-0.15, -0.1) is 0 Å². The minimum Gasteiger partial charge on any atom is -0.382 e. The molecule has 1 aliphatic heterocycles. The van der Waals surface area contributed by atoms with Crippen LogP contribution in [0.1, 0.15) is 39.0 Å². The van der Waals surface area contributed by atoms with Crippen molar-refractivity contribution in [1.82, 2.24) is 9.55 Å². The van der Waals surface area contributed by atoms with Gasteiger partial charge in [-0.3, -0.25) is 14.3 Å². The van der Waals surface area contributed by atoms with Crippen LogP contribution < -0.4 is 11.2 Å². The van der Waals surface area contributed by atoms with E-state index in [-0.39, 0.29) is 17.9 Å². The lowest BCUT2D eigenvalue weighted by Gasteiger charge is -2.16. The van der Waals surface area contributed by atoms with E-state index < -0.39 is 5.69 Å². The minimum absolute atomic E-state index is 0.0147. The molecular weight excluding hydrogens is 260 g/mol. The first-order valence-corrected chi connectivity index (χ1v) is 6.99. The minimum atomic E-state index is -0.430. The molecule has 114 valence electrons. The molecule has 0 radical (unpaired) electrons. The van der Waals surface area contributed by atoms with Gasteiger partial charge in [0.2, 0.25) is 0 Å². The average molecular weight is 284 g/mol. The van der Waals surface area contributed by atoms with Gasteiger partial charge in [0.05, 0.1) is 12.7 Å². The highest BCUT2D eigenvalue weighted by Crippen LogP contribution is 2.32. The molecule has 3 atom stereocenters. The molecule has 1 fully saturated rings. The number of rotatable bonds is 3. The fourth-order valence-corrected chi connectivity index (χ4v) is 2.21. The highest BCUT2D eigenvalue weighted by Gasteiger charge is 2.33. The third kappa shape index (κ3) is 3.58. The largest absolute Gasteiger partial charge is 0.382 e. The maximum atomic E-state index is 11.7. The molecule has 2 rings (SSSR count). The number of ether oxygens (including phenoxy) is 2. The molecule has 6 nitrogen and oxygen atoms in total. The fraction of sp³-hybridized carbons (Fsp3) is 0.714. The zero-order valence-corrected chi connectivity index (χ0v) is 12.8. The molecule has 1 saturated heterocycles. The number of nitrogens with zero attached hydrogens (tertiary/aromatic N) is 1. The topological polar surface area (TPSA) is 73.3 Å². The van der Waals surface area contributed by atoms with E-state index >= 15 is 0 Å². The van der Waals surface area contributed by atoms with Gasteiger partial charge in [-0.25, -0.2) is 4.79 Å². The molecule has 1 aromatic rings. The van der Waals surface area contributed by atoms with Gasteiger partial charge >= 0.3 is 5.69 Å². The second-order valence-electron chi connectivity index (χ2n) is 4.78. The van der Waals surface area contributed by atoms with Crippen LogP contribution in [0.2, 0.25) is 0 Å². The van der Waals surface area contributed by atoms with Crippen molar-refractivity contribution in [2.75, 3.05) is 13.7 Å². The zero-order valence-electron chi connectivity index (χ0n) is 12.8. The van der Waals surface area contributed by atoms with Crippen LogP contribution in [0.4, 0.5) is 0 Å². The first-order valence-electron chi connectivity index (χ1n) is 6.99. The van der Waals surface area contributed by atoms with Crippen LogP contribution >= 0.6 is 0 Å². The second kappa shape index (κ2) is 7.40. The van der Waals surface area contributed by atoms with Crippen LogP contribution in [-0.4, -0.2) is 29.4 Å². The van der Waals surface area contributed by atoms with Crippen molar-refractivity contribution in [1.29, 1.82) is 0 Å². The van der Waals surface area contributed by atoms with Crippen molar-refractivity contribution in [2.45, 2.75) is 46.4 Å². The van der Waals surface area contributed by atoms with Crippen molar-refractivity contribution in [3.05, 3.63) is 32.6 Å². The molecule has 1 aliphatic rings. The van der Waals surface area contributed by atoms with Crippen molar-refractivity contribution in [3.63, 3.8) is 0 Å². The van der Waals surface area contributed by atoms with Crippen molar-refractivity contribution in [2.24, 2.45) is 5.92 Å². The Balaban J connectivity index is 0.000000956. The van der Waals surface area contributed by atoms with Crippen LogP contribution in [0.15, 0.2) is 15.8 Å². The Bertz CT molecular complexity index is 535. The van der Waals surface area contributed by atoms with E-state index in [1.807, 2.05) is 13.8 Å². The van der Waals surface area contributed by atoms with Gasteiger partial charge in [0, 0.05) is 18.9 Å². The van der Waals surface area contributed by atoms with Crippen LogP contribution in [0.25, 0.3) is 0 Å². The Hall–Kier alpha value is -1.40. The Labute approximate surface area is 118 Å². The Kier molecular flexibility index (Phi) is 6.16. The maximum Gasteiger partial charge on any atom is 0.330 e. The fourth-order valence-electron chi connectivity index (χ4n) is 2.21. The van der Waals surface area contributed by atoms with Crippen molar-refractivity contribution < 1.29 is 9.47 Å². The van der Waals surface area contributed by atoms with E-state index in [0.717, 1.165) is 6.42 Å². The smallest absolute Gasteiger partial charge is 0.330 e. The molecule has 20 heavy (non-hydrogen) atoms. The standard InChI is InChI=1S/C12H18N2O4.C2H6/c1-7-4-10(18-9(7)6-17-3)14-5-8(2)11(15)13-12(14)16;1-2/h5,7,9-10H,4,6H2,1-3H3,(H,13,15,16);1-2H3/t7-,9+,10+;/m0./s1. The monoisotopic (exact) mass is 284 g/mol. The van der Waals surface area contributed by atoms with Gasteiger partial charge in [-0.1, -0.05) is 20.8 Å². The number of hydrogen-bond acceptors (Lipinski definition) is 4. The van der Waals surface area contributed by atoms with E-state index in [2.05, 4.69) is 11.9 Å². The number of methoxy groups -OCH3 is 1. The van der Waals surface area contributed by atoms with Gasteiger partial charge in [-0.05, 0) is 19.3 Å². The summed E-state index contributed by atoms with van der Waals surface area (Å²) in [5.41, 5.74) is -0.280. The first kappa shape index (κ1) is 16.7. The summed E-state index contributed by atoms with van der Waals surface area (Å²) in [6, 6.07) is 0. The summed E-state index contributed by atoms with van der Waals surface area (Å²) in [5, 5.41) is 0. The number of aromatic amines is 1. The highest BCUT2D eigenvalue weighted by atomic mass is 16.5. The van der Waals surface area contributed by atoms with Gasteiger partial charge in [-0.2, -0.15) is 0 Å². The second-order valence-corrected chi connectivity index (χ2v) is 4.78. The van der Waals surface area contributed by atoms with Crippen LogP contribution in [-0.2, 0) is 9.47 Å². The first-order chi connectivity index (χ1) is 9.52. The summed E-state index contributed by atoms with van der Waals surface area (Å²) in [5.74, 6) is 0.314. The third-order valence-electron chi connectivity index (χ3n) is 3.33. The van der Waals surface area contributed by atoms with E-state index in [0.29, 0.717) is 18.1 Å². The molecule has 1 N–H and O–H groups in total. The lowest BCUT2D eigenvalue weighted by atomic mass is 10.0. The summed E-state index contributed by atoms with van der Waals surface area (Å²) in [6.45, 7) is 8.24. The van der Waals surface area contributed by atoms with E-state index in [1.54, 1.807) is 20.2 Å². The molecule has 0 unspecified atom stereocenters. The molecule has 1 aromatic heterocycles. The average Bonchev–Trinajstić information content (AvgIpc) is 2.78. The highest BCUT2D eigenvalue weighted by molar-refractivity contribution is 5.01. The predicted molar refractivity (Wildman–Crippen MR) is 77.0 cm³/mol. The molecule has 2 heterocycles. The lowest BCUT2D eigenvalue weighted by molar-refractivity contribution is -0.0405. The maximum absolute atomic E-state index is 11.7. The lowest BCUT2D eigenvalue weighted by Crippen LogP contribution is -2.33. The number of nitrogens with one attached hydrogen (secondary N) is 1. The molecule has 0 amide bonds.